The third-order valence-electron chi connectivity index (χ3n) is 7.36. The van der Waals surface area contributed by atoms with E-state index in [1.165, 1.54) is 4.68 Å². The van der Waals surface area contributed by atoms with Gasteiger partial charge in [-0.25, -0.2) is 8.42 Å². The highest BCUT2D eigenvalue weighted by Crippen LogP contribution is 2.46. The standard InChI is InChI=1S/C27H34N2O5S/c30-17-22(31)16-29-12-11-21(28-29)15-26(32)24(13-18-3-1-2-4-18)20-7-10-27(25(14-20)19-5-6-19)35(33,34)23-8-9-23/h7,10-14,18-19,22-23,30-31H,1-6,8-9,15-17H2/b24-13+/t22-/m0/s1. The van der Waals surface area contributed by atoms with E-state index in [4.69, 9.17) is 5.11 Å². The van der Waals surface area contributed by atoms with E-state index in [-0.39, 0.29) is 36.5 Å². The summed E-state index contributed by atoms with van der Waals surface area (Å²) < 4.78 is 27.6. The summed E-state index contributed by atoms with van der Waals surface area (Å²) in [5.74, 6) is 0.574. The molecule has 3 aliphatic rings. The van der Waals surface area contributed by atoms with Crippen molar-refractivity contribution in [2.45, 2.75) is 86.5 Å². The van der Waals surface area contributed by atoms with Crippen LogP contribution in [0.2, 0.25) is 0 Å². The molecule has 1 aromatic carbocycles. The fourth-order valence-corrected chi connectivity index (χ4v) is 7.02. The SMILES string of the molecule is O=C(Cc1ccn(C[C@H](O)CO)n1)/C(=C/C1CCCC1)c1ccc(S(=O)(=O)C2CC2)c(C2CC2)c1. The molecule has 3 saturated carbocycles. The Morgan fingerprint density at radius 1 is 1.11 bits per heavy atom. The molecule has 0 unspecified atom stereocenters. The number of aliphatic hydroxyl groups is 2. The first kappa shape index (κ1) is 24.4. The first-order valence-corrected chi connectivity index (χ1v) is 14.3. The van der Waals surface area contributed by atoms with Gasteiger partial charge in [0.1, 0.15) is 0 Å². The van der Waals surface area contributed by atoms with Gasteiger partial charge in [0.25, 0.3) is 0 Å². The van der Waals surface area contributed by atoms with Crippen molar-refractivity contribution in [3.05, 3.63) is 53.4 Å². The monoisotopic (exact) mass is 498 g/mol. The number of carbonyl (C=O) groups is 1. The molecule has 35 heavy (non-hydrogen) atoms. The van der Waals surface area contributed by atoms with E-state index in [1.807, 2.05) is 12.1 Å². The second kappa shape index (κ2) is 9.99. The van der Waals surface area contributed by atoms with Crippen molar-refractivity contribution in [3.63, 3.8) is 0 Å². The van der Waals surface area contributed by atoms with Gasteiger partial charge in [0.05, 0.1) is 41.5 Å². The van der Waals surface area contributed by atoms with Crippen LogP contribution in [0.4, 0.5) is 0 Å². The van der Waals surface area contributed by atoms with Gasteiger partial charge in [-0.3, -0.25) is 9.48 Å². The number of sulfone groups is 1. The third kappa shape index (κ3) is 5.60. The van der Waals surface area contributed by atoms with Crippen molar-refractivity contribution in [1.82, 2.24) is 9.78 Å². The van der Waals surface area contributed by atoms with E-state index < -0.39 is 15.9 Å². The molecule has 7 nitrogen and oxygen atoms in total. The second-order valence-corrected chi connectivity index (χ2v) is 12.6. The molecule has 188 valence electrons. The summed E-state index contributed by atoms with van der Waals surface area (Å²) in [6, 6.07) is 7.27. The fraction of sp³-hybridized carbons (Fsp3) is 0.556. The van der Waals surface area contributed by atoms with Gasteiger partial charge in [-0.1, -0.05) is 25.0 Å². The number of benzene rings is 1. The number of hydrogen-bond acceptors (Lipinski definition) is 6. The average molecular weight is 499 g/mol. The summed E-state index contributed by atoms with van der Waals surface area (Å²) in [4.78, 5) is 14.0. The average Bonchev–Trinajstić information content (AvgIpc) is 3.77. The number of aromatic nitrogens is 2. The van der Waals surface area contributed by atoms with Crippen molar-refractivity contribution < 1.29 is 23.4 Å². The number of ketones is 1. The van der Waals surface area contributed by atoms with Crippen LogP contribution in [-0.2, 0) is 27.6 Å². The molecular formula is C27H34N2O5S. The van der Waals surface area contributed by atoms with Crippen LogP contribution in [0.15, 0.2) is 41.4 Å². The fourth-order valence-electron chi connectivity index (χ4n) is 5.09. The summed E-state index contributed by atoms with van der Waals surface area (Å²) in [6.07, 6.45) is 10.9. The summed E-state index contributed by atoms with van der Waals surface area (Å²) in [5.41, 5.74) is 2.93. The molecule has 0 radical (unpaired) electrons. The maximum Gasteiger partial charge on any atom is 0.181 e. The van der Waals surface area contributed by atoms with Crippen LogP contribution in [0.5, 0.6) is 0 Å². The Hall–Kier alpha value is -2.29. The Morgan fingerprint density at radius 2 is 1.86 bits per heavy atom. The molecule has 0 spiro atoms. The van der Waals surface area contributed by atoms with Crippen molar-refractivity contribution in [2.24, 2.45) is 5.92 Å². The molecule has 2 aromatic rings. The highest BCUT2D eigenvalue weighted by molar-refractivity contribution is 7.92. The van der Waals surface area contributed by atoms with Gasteiger partial charge in [-0.05, 0) is 79.7 Å². The molecule has 1 aromatic heterocycles. The minimum atomic E-state index is -3.30. The molecule has 0 amide bonds. The van der Waals surface area contributed by atoms with Crippen LogP contribution in [0.3, 0.4) is 0 Å². The smallest absolute Gasteiger partial charge is 0.181 e. The molecule has 5 rings (SSSR count). The van der Waals surface area contributed by atoms with E-state index >= 15 is 0 Å². The van der Waals surface area contributed by atoms with Gasteiger partial charge in [-0.15, -0.1) is 0 Å². The lowest BCUT2D eigenvalue weighted by molar-refractivity contribution is -0.113. The zero-order chi connectivity index (χ0) is 24.6. The minimum Gasteiger partial charge on any atom is -0.394 e. The molecule has 3 aliphatic carbocycles. The lowest BCUT2D eigenvalue weighted by Gasteiger charge is -2.15. The highest BCUT2D eigenvalue weighted by Gasteiger charge is 2.40. The number of nitrogens with zero attached hydrogens (tertiary/aromatic N) is 2. The zero-order valence-corrected chi connectivity index (χ0v) is 20.8. The van der Waals surface area contributed by atoms with Gasteiger partial charge in [0.2, 0.25) is 0 Å². The topological polar surface area (TPSA) is 109 Å². The molecule has 2 N–H and O–H groups in total. The molecule has 8 heteroatoms. The third-order valence-corrected chi connectivity index (χ3v) is 9.69. The Bertz CT molecular complexity index is 1220. The maximum absolute atomic E-state index is 13.6. The zero-order valence-electron chi connectivity index (χ0n) is 20.0. The molecule has 0 saturated heterocycles. The first-order valence-electron chi connectivity index (χ1n) is 12.8. The highest BCUT2D eigenvalue weighted by atomic mass is 32.2. The van der Waals surface area contributed by atoms with Crippen LogP contribution in [0.25, 0.3) is 5.57 Å². The number of carbonyl (C=O) groups excluding carboxylic acids is 1. The van der Waals surface area contributed by atoms with Crippen molar-refractivity contribution in [2.75, 3.05) is 6.61 Å². The number of rotatable bonds is 11. The Balaban J connectivity index is 1.44. The van der Waals surface area contributed by atoms with Gasteiger partial charge in [0, 0.05) is 11.8 Å². The molecule has 1 atom stereocenters. The van der Waals surface area contributed by atoms with E-state index in [1.54, 1.807) is 18.3 Å². The largest absolute Gasteiger partial charge is 0.394 e. The normalized spacial score (nSPS) is 20.3. The predicted octanol–water partition coefficient (Wildman–Crippen LogP) is 3.44. The van der Waals surface area contributed by atoms with Gasteiger partial charge in [-0.2, -0.15) is 5.10 Å². The predicted molar refractivity (Wildman–Crippen MR) is 133 cm³/mol. The van der Waals surface area contributed by atoms with Gasteiger partial charge >= 0.3 is 0 Å². The number of Topliss-reactive ketones (excluding diaryl/α,β-unsaturated/α-hetero) is 1. The van der Waals surface area contributed by atoms with E-state index in [2.05, 4.69) is 11.2 Å². The lowest BCUT2D eigenvalue weighted by Crippen LogP contribution is -2.20. The number of allylic oxidation sites excluding steroid dienone is 2. The molecule has 0 aliphatic heterocycles. The van der Waals surface area contributed by atoms with Crippen LogP contribution in [0.1, 0.15) is 74.1 Å². The summed E-state index contributed by atoms with van der Waals surface area (Å²) in [6.45, 7) is -0.185. The van der Waals surface area contributed by atoms with Crippen molar-refractivity contribution in [3.8, 4) is 0 Å². The summed E-state index contributed by atoms with van der Waals surface area (Å²) in [7, 11) is -3.30. The van der Waals surface area contributed by atoms with Crippen LogP contribution in [-0.4, -0.2) is 52.2 Å². The second-order valence-electron chi connectivity index (χ2n) is 10.4. The minimum absolute atomic E-state index is 0.0376. The summed E-state index contributed by atoms with van der Waals surface area (Å²) >= 11 is 0. The first-order chi connectivity index (χ1) is 16.8. The summed E-state index contributed by atoms with van der Waals surface area (Å²) in [5, 5.41) is 22.9. The Kier molecular flexibility index (Phi) is 6.97. The van der Waals surface area contributed by atoms with Crippen LogP contribution in [0, 0.1) is 5.92 Å². The molecule has 3 fully saturated rings. The quantitative estimate of drug-likeness (QED) is 0.460. The molecular weight excluding hydrogens is 464 g/mol. The van der Waals surface area contributed by atoms with E-state index in [0.29, 0.717) is 22.1 Å². The lowest BCUT2D eigenvalue weighted by atomic mass is 9.92. The van der Waals surface area contributed by atoms with Gasteiger partial charge in [0.15, 0.2) is 15.6 Å². The number of hydrogen-bond donors (Lipinski definition) is 2. The van der Waals surface area contributed by atoms with Crippen LogP contribution >= 0.6 is 0 Å². The van der Waals surface area contributed by atoms with E-state index in [9.17, 15) is 18.3 Å². The maximum atomic E-state index is 13.6. The van der Waals surface area contributed by atoms with E-state index in [0.717, 1.165) is 62.5 Å². The molecule has 1 heterocycles. The number of aliphatic hydroxyl groups excluding tert-OH is 2. The van der Waals surface area contributed by atoms with Gasteiger partial charge < -0.3 is 10.2 Å². The van der Waals surface area contributed by atoms with Crippen molar-refractivity contribution in [1.29, 1.82) is 0 Å². The molecule has 0 bridgehead atoms. The van der Waals surface area contributed by atoms with Crippen molar-refractivity contribution >= 4 is 21.2 Å². The Morgan fingerprint density at radius 3 is 2.51 bits per heavy atom. The Labute approximate surface area is 206 Å². The van der Waals surface area contributed by atoms with Crippen LogP contribution < -0.4 is 0 Å².